The molecule has 0 aromatic carbocycles. The summed E-state index contributed by atoms with van der Waals surface area (Å²) in [5.74, 6) is -0.785. The molecule has 0 bridgehead atoms. The molecule has 1 fully saturated rings. The van der Waals surface area contributed by atoms with Crippen molar-refractivity contribution in [3.63, 3.8) is 0 Å². The van der Waals surface area contributed by atoms with Crippen LogP contribution in [0.2, 0.25) is 0 Å². The molecule has 2 aliphatic rings. The number of β-lactam (4-membered cyclic amide) rings is 1. The van der Waals surface area contributed by atoms with E-state index >= 15 is 0 Å². The molecule has 2 aliphatic heterocycles. The topological polar surface area (TPSA) is 157 Å². The molecule has 0 aliphatic carbocycles. The van der Waals surface area contributed by atoms with Crippen molar-refractivity contribution in [1.29, 1.82) is 0 Å². The van der Waals surface area contributed by atoms with Crippen LogP contribution in [0.25, 0.3) is 16.8 Å². The largest absolute Gasteiger partial charge is 0.735 e. The third kappa shape index (κ3) is 5.31. The van der Waals surface area contributed by atoms with Crippen LogP contribution in [0.1, 0.15) is 29.6 Å². The molecule has 16 heteroatoms. The smallest absolute Gasteiger partial charge is 0.278 e. The maximum atomic E-state index is 13.3. The molecule has 5 rings (SSSR count). The van der Waals surface area contributed by atoms with Gasteiger partial charge < -0.3 is 33.3 Å². The average molecular weight is 617 g/mol. The fourth-order valence-electron chi connectivity index (χ4n) is 4.11. The molecule has 12 nitrogen and oxygen atoms in total. The van der Waals surface area contributed by atoms with Gasteiger partial charge in [0.2, 0.25) is 11.5 Å². The normalized spacial score (nSPS) is 19.0. The van der Waals surface area contributed by atoms with E-state index in [1.54, 1.807) is 13.8 Å². The standard InChI is InChI=1S/C24H24N8O4S4/c1-10(2)36-29-15(18-28-24(25)40-30-18)19(33)26-16-21(34)32-17(23(35)37)13(9-38-22(16)32)20-27-14(11(3)39-20)12-5-7-31(4)8-6-12/h5-8,10,16,22H,9H2,1-4H3,(H3-,25,26,28,30,33,35,37)/b29-15-/t16-,22-/m1/s1. The third-order valence-corrected chi connectivity index (χ3v) is 9.02. The van der Waals surface area contributed by atoms with Crippen LogP contribution in [-0.4, -0.2) is 65.2 Å². The van der Waals surface area contributed by atoms with Crippen molar-refractivity contribution < 1.29 is 23.8 Å². The van der Waals surface area contributed by atoms with Gasteiger partial charge in [0, 0.05) is 45.4 Å². The monoisotopic (exact) mass is 616 g/mol. The lowest BCUT2D eigenvalue weighted by Gasteiger charge is -2.50. The third-order valence-electron chi connectivity index (χ3n) is 5.98. The Labute approximate surface area is 247 Å². The lowest BCUT2D eigenvalue weighted by Crippen LogP contribution is -2.70. The summed E-state index contributed by atoms with van der Waals surface area (Å²) < 4.78 is 5.97. The number of fused-ring (bicyclic) bond motifs is 1. The van der Waals surface area contributed by atoms with Gasteiger partial charge in [-0.1, -0.05) is 5.16 Å². The minimum Gasteiger partial charge on any atom is -0.735 e. The van der Waals surface area contributed by atoms with Crippen LogP contribution in [0.4, 0.5) is 5.13 Å². The van der Waals surface area contributed by atoms with Gasteiger partial charge in [-0.25, -0.2) is 9.55 Å². The molecule has 2 amide bonds. The average Bonchev–Trinajstić information content (AvgIpc) is 3.52. The number of amides is 2. The molecule has 40 heavy (non-hydrogen) atoms. The molecule has 2 atom stereocenters. The van der Waals surface area contributed by atoms with E-state index in [2.05, 4.69) is 19.8 Å². The number of carbonyl (C=O) groups excluding carboxylic acids is 3. The summed E-state index contributed by atoms with van der Waals surface area (Å²) in [5, 5.41) is 6.18. The Bertz CT molecular complexity index is 1560. The van der Waals surface area contributed by atoms with Gasteiger partial charge in [0.05, 0.1) is 16.5 Å². The number of hydrogen-bond acceptors (Lipinski definition) is 13. The Hall–Kier alpha value is -3.47. The number of anilines is 1. The van der Waals surface area contributed by atoms with E-state index in [4.69, 9.17) is 28.2 Å². The van der Waals surface area contributed by atoms with Crippen molar-refractivity contribution >= 4 is 80.6 Å². The van der Waals surface area contributed by atoms with Gasteiger partial charge in [-0.15, -0.1) is 23.1 Å². The molecule has 3 N–H and O–H groups in total. The summed E-state index contributed by atoms with van der Waals surface area (Å²) in [6, 6.07) is 3.02. The van der Waals surface area contributed by atoms with E-state index in [-0.39, 0.29) is 28.5 Å². The number of hydrogen-bond donors (Lipinski definition) is 2. The van der Waals surface area contributed by atoms with E-state index in [1.165, 1.54) is 28.0 Å². The van der Waals surface area contributed by atoms with E-state index in [0.717, 1.165) is 27.7 Å². The van der Waals surface area contributed by atoms with Gasteiger partial charge >= 0.3 is 0 Å². The number of nitrogen functional groups attached to an aromatic ring is 1. The lowest BCUT2D eigenvalue weighted by molar-refractivity contribution is -0.671. The van der Waals surface area contributed by atoms with Crippen LogP contribution >= 0.6 is 34.6 Å². The Morgan fingerprint density at radius 2 is 2.02 bits per heavy atom. The number of nitrogens with one attached hydrogen (secondary N) is 1. The molecule has 3 aromatic heterocycles. The van der Waals surface area contributed by atoms with E-state index in [1.807, 2.05) is 43.1 Å². The highest BCUT2D eigenvalue weighted by atomic mass is 32.2. The predicted octanol–water partition coefficient (Wildman–Crippen LogP) is 1.39. The van der Waals surface area contributed by atoms with Crippen LogP contribution in [0, 0.1) is 6.92 Å². The second-order valence-corrected chi connectivity index (χ2v) is 12.7. The van der Waals surface area contributed by atoms with Crippen molar-refractivity contribution in [3.05, 3.63) is 45.9 Å². The number of thioether (sulfide) groups is 1. The molecule has 0 unspecified atom stereocenters. The lowest BCUT2D eigenvalue weighted by atomic mass is 10.0. The number of nitrogens with zero attached hydrogens (tertiary/aromatic N) is 6. The Balaban J connectivity index is 1.40. The molecule has 0 radical (unpaired) electrons. The first-order valence-electron chi connectivity index (χ1n) is 12.0. The van der Waals surface area contributed by atoms with E-state index in [0.29, 0.717) is 16.3 Å². The highest BCUT2D eigenvalue weighted by molar-refractivity contribution is 8.00. The molecular weight excluding hydrogens is 593 g/mol. The minimum absolute atomic E-state index is 0.00806. The van der Waals surface area contributed by atoms with Crippen LogP contribution in [0.15, 0.2) is 35.4 Å². The number of pyridine rings is 1. The summed E-state index contributed by atoms with van der Waals surface area (Å²) in [4.78, 5) is 55.5. The SMILES string of the molecule is Cc1sc(C2=C(C(=O)[S-])N3C(=O)[C@@H](NC(=O)/C(=N\OC(C)C)c4nsc(N)n4)[C@H]3SC2)nc1-c1cc[n+](C)cc1. The number of aromatic nitrogens is 4. The number of rotatable bonds is 8. The number of nitrogens with two attached hydrogens (primary N) is 1. The van der Waals surface area contributed by atoms with Gasteiger partial charge in [-0.3, -0.25) is 14.5 Å². The zero-order chi connectivity index (χ0) is 28.7. The first-order valence-corrected chi connectivity index (χ1v) is 15.1. The van der Waals surface area contributed by atoms with Gasteiger partial charge in [0.25, 0.3) is 11.8 Å². The fourth-order valence-corrected chi connectivity index (χ4v) is 7.18. The minimum atomic E-state index is -0.915. The fraction of sp³-hybridized carbons (Fsp3) is 0.333. The van der Waals surface area contributed by atoms with Crippen molar-refractivity contribution in [2.75, 3.05) is 11.5 Å². The molecule has 208 valence electrons. The molecule has 3 aromatic rings. The summed E-state index contributed by atoms with van der Waals surface area (Å²) in [6.07, 6.45) is 3.56. The van der Waals surface area contributed by atoms with Crippen molar-refractivity contribution in [2.45, 2.75) is 38.3 Å². The molecule has 1 saturated heterocycles. The van der Waals surface area contributed by atoms with Gasteiger partial charge in [-0.2, -0.15) is 9.36 Å². The Morgan fingerprint density at radius 1 is 1.30 bits per heavy atom. The Morgan fingerprint density at radius 3 is 2.65 bits per heavy atom. The number of aryl methyl sites for hydroxylation is 2. The maximum Gasteiger partial charge on any atom is 0.278 e. The summed E-state index contributed by atoms with van der Waals surface area (Å²) >= 11 is 8.82. The molecule has 5 heterocycles. The van der Waals surface area contributed by atoms with Gasteiger partial charge in [-0.05, 0) is 20.8 Å². The Kier molecular flexibility index (Phi) is 7.85. The van der Waals surface area contributed by atoms with Crippen LogP contribution < -0.4 is 15.6 Å². The van der Waals surface area contributed by atoms with E-state index in [9.17, 15) is 14.4 Å². The summed E-state index contributed by atoms with van der Waals surface area (Å²) in [5.41, 5.74) is 7.96. The maximum absolute atomic E-state index is 13.3. The second-order valence-electron chi connectivity index (χ2n) is 9.20. The quantitative estimate of drug-likeness (QED) is 0.125. The zero-order valence-corrected chi connectivity index (χ0v) is 25.0. The number of thiazole rings is 1. The van der Waals surface area contributed by atoms with Gasteiger partial charge in [0.15, 0.2) is 17.5 Å². The second kappa shape index (κ2) is 11.2. The number of oxime groups is 1. The number of carbonyl (C=O) groups is 3. The summed E-state index contributed by atoms with van der Waals surface area (Å²) in [6.45, 7) is 5.46. The zero-order valence-electron chi connectivity index (χ0n) is 21.8. The van der Waals surface area contributed by atoms with Crippen LogP contribution in [0.5, 0.6) is 0 Å². The predicted molar refractivity (Wildman–Crippen MR) is 155 cm³/mol. The van der Waals surface area contributed by atoms with Crippen molar-refractivity contribution in [2.24, 2.45) is 12.2 Å². The van der Waals surface area contributed by atoms with Crippen LogP contribution in [0.3, 0.4) is 0 Å². The summed E-state index contributed by atoms with van der Waals surface area (Å²) in [7, 11) is 1.93. The van der Waals surface area contributed by atoms with Gasteiger partial charge in [0.1, 0.15) is 29.6 Å². The highest BCUT2D eigenvalue weighted by Crippen LogP contribution is 2.45. The van der Waals surface area contributed by atoms with Crippen molar-refractivity contribution in [3.8, 4) is 11.3 Å². The van der Waals surface area contributed by atoms with Crippen LogP contribution in [-0.2, 0) is 38.9 Å². The highest BCUT2D eigenvalue weighted by Gasteiger charge is 2.53. The first kappa shape index (κ1) is 28.1. The van der Waals surface area contributed by atoms with Crippen molar-refractivity contribution in [1.82, 2.24) is 24.6 Å². The first-order chi connectivity index (χ1) is 19.0. The van der Waals surface area contributed by atoms with E-state index < -0.39 is 28.3 Å². The molecule has 0 spiro atoms. The molecule has 0 saturated carbocycles. The molecular formula is C24H24N8O4S4.